The van der Waals surface area contributed by atoms with E-state index in [1.807, 2.05) is 0 Å². The van der Waals surface area contributed by atoms with Gasteiger partial charge < -0.3 is 5.21 Å². The van der Waals surface area contributed by atoms with Crippen LogP contribution in [0, 0.1) is 23.7 Å². The summed E-state index contributed by atoms with van der Waals surface area (Å²) in [5.74, 6) is 1.88. The Bertz CT molecular complexity index is 322. The number of hydrogen-bond donors (Lipinski definition) is 1. The Kier molecular flexibility index (Phi) is 2.08. The molecule has 0 spiro atoms. The average molecular weight is 207 g/mol. The smallest absolute Gasteiger partial charge is 0.184 e. The molecule has 0 bridgehead atoms. The first kappa shape index (κ1) is 9.37. The van der Waals surface area contributed by atoms with E-state index in [9.17, 15) is 4.79 Å². The lowest BCUT2D eigenvalue weighted by molar-refractivity contribution is -0.118. The zero-order valence-electron chi connectivity index (χ0n) is 8.85. The van der Waals surface area contributed by atoms with Gasteiger partial charge in [0.15, 0.2) is 5.78 Å². The topological polar surface area (TPSA) is 49.7 Å². The van der Waals surface area contributed by atoms with Gasteiger partial charge >= 0.3 is 0 Å². The van der Waals surface area contributed by atoms with Crippen molar-refractivity contribution in [2.75, 3.05) is 0 Å². The van der Waals surface area contributed by atoms with Gasteiger partial charge in [0.2, 0.25) is 0 Å². The van der Waals surface area contributed by atoms with Crippen LogP contribution < -0.4 is 0 Å². The van der Waals surface area contributed by atoms with Gasteiger partial charge in [-0.1, -0.05) is 30.8 Å². The Balaban J connectivity index is 2.00. The maximum Gasteiger partial charge on any atom is 0.184 e. The molecule has 4 atom stereocenters. The minimum absolute atomic E-state index is 0.152. The summed E-state index contributed by atoms with van der Waals surface area (Å²) in [5.41, 5.74) is 0.497. The number of oxime groups is 1. The van der Waals surface area contributed by atoms with Crippen molar-refractivity contribution in [2.24, 2.45) is 28.8 Å². The van der Waals surface area contributed by atoms with Crippen molar-refractivity contribution in [3.8, 4) is 0 Å². The number of nitrogens with zero attached hydrogens (tertiary/aromatic N) is 1. The molecular formula is C12H17NO2. The van der Waals surface area contributed by atoms with Gasteiger partial charge in [-0.15, -0.1) is 0 Å². The zero-order chi connectivity index (χ0) is 10.4. The number of rotatable bonds is 0. The molecule has 0 saturated heterocycles. The van der Waals surface area contributed by atoms with E-state index in [1.165, 1.54) is 25.7 Å². The predicted octanol–water partition coefficient (Wildman–Crippen LogP) is 2.23. The third-order valence-corrected chi connectivity index (χ3v) is 4.70. The highest BCUT2D eigenvalue weighted by atomic mass is 16.4. The van der Waals surface area contributed by atoms with Crippen LogP contribution in [-0.2, 0) is 4.79 Å². The van der Waals surface area contributed by atoms with Gasteiger partial charge in [-0.25, -0.2) is 0 Å². The summed E-state index contributed by atoms with van der Waals surface area (Å²) in [7, 11) is 0. The monoisotopic (exact) mass is 207 g/mol. The van der Waals surface area contributed by atoms with Crippen LogP contribution in [0.4, 0.5) is 0 Å². The molecule has 0 heterocycles. The van der Waals surface area contributed by atoms with Gasteiger partial charge in [0.1, 0.15) is 5.71 Å². The van der Waals surface area contributed by atoms with Crippen molar-refractivity contribution in [1.82, 2.24) is 0 Å². The van der Waals surface area contributed by atoms with Crippen molar-refractivity contribution in [1.29, 1.82) is 0 Å². The first-order valence-electron chi connectivity index (χ1n) is 6.09. The highest BCUT2D eigenvalue weighted by Gasteiger charge is 2.53. The Morgan fingerprint density at radius 3 is 2.40 bits per heavy atom. The predicted molar refractivity (Wildman–Crippen MR) is 55.9 cm³/mol. The van der Waals surface area contributed by atoms with E-state index in [4.69, 9.17) is 5.21 Å². The van der Waals surface area contributed by atoms with Crippen LogP contribution in [0.5, 0.6) is 0 Å². The molecule has 0 aromatic heterocycles. The molecule has 3 saturated carbocycles. The molecule has 1 N–H and O–H groups in total. The van der Waals surface area contributed by atoms with E-state index < -0.39 is 0 Å². The van der Waals surface area contributed by atoms with Crippen molar-refractivity contribution in [3.05, 3.63) is 0 Å². The van der Waals surface area contributed by atoms with E-state index in [2.05, 4.69) is 5.16 Å². The van der Waals surface area contributed by atoms with E-state index in [0.29, 0.717) is 11.6 Å². The van der Waals surface area contributed by atoms with Crippen LogP contribution in [0.3, 0.4) is 0 Å². The molecule has 0 radical (unpaired) electrons. The van der Waals surface area contributed by atoms with Crippen LogP contribution in [0.1, 0.15) is 38.5 Å². The lowest BCUT2D eigenvalue weighted by atomic mass is 9.65. The number of carbonyl (C=O) groups excluding carboxylic acids is 1. The quantitative estimate of drug-likeness (QED) is 0.489. The van der Waals surface area contributed by atoms with Gasteiger partial charge in [0.25, 0.3) is 0 Å². The third-order valence-electron chi connectivity index (χ3n) is 4.70. The maximum atomic E-state index is 12.0. The number of Topliss-reactive ketones (excluding diaryl/α,β-unsaturated/α-hetero) is 1. The average Bonchev–Trinajstić information content (AvgIpc) is 2.55. The molecule has 15 heavy (non-hydrogen) atoms. The fourth-order valence-electron chi connectivity index (χ4n) is 4.17. The van der Waals surface area contributed by atoms with Gasteiger partial charge in [0, 0.05) is 11.8 Å². The summed E-state index contributed by atoms with van der Waals surface area (Å²) in [5, 5.41) is 12.2. The van der Waals surface area contributed by atoms with Crippen molar-refractivity contribution >= 4 is 11.5 Å². The van der Waals surface area contributed by atoms with Crippen molar-refractivity contribution in [2.45, 2.75) is 38.5 Å². The minimum atomic E-state index is 0.152. The van der Waals surface area contributed by atoms with Crippen LogP contribution in [0.2, 0.25) is 0 Å². The van der Waals surface area contributed by atoms with Crippen LogP contribution in [0.15, 0.2) is 5.16 Å². The summed E-state index contributed by atoms with van der Waals surface area (Å²) < 4.78 is 0. The standard InChI is InChI=1S/C12H17NO2/c14-12-9-6-2-4-7-3-1-5-8(10(7)9)11(12)13-15/h7-10,15H,1-6H2/b13-11+. The van der Waals surface area contributed by atoms with E-state index in [0.717, 1.165) is 18.8 Å². The van der Waals surface area contributed by atoms with Gasteiger partial charge in [0.05, 0.1) is 0 Å². The Hall–Kier alpha value is -0.860. The number of carbonyl (C=O) groups is 1. The Morgan fingerprint density at radius 1 is 1.07 bits per heavy atom. The summed E-state index contributed by atoms with van der Waals surface area (Å²) in [6, 6.07) is 0. The summed E-state index contributed by atoms with van der Waals surface area (Å²) >= 11 is 0. The first-order valence-corrected chi connectivity index (χ1v) is 6.09. The summed E-state index contributed by atoms with van der Waals surface area (Å²) in [6.07, 6.45) is 7.03. The van der Waals surface area contributed by atoms with Crippen molar-refractivity contribution in [3.63, 3.8) is 0 Å². The molecule has 4 unspecified atom stereocenters. The van der Waals surface area contributed by atoms with Crippen LogP contribution in [-0.4, -0.2) is 16.7 Å². The van der Waals surface area contributed by atoms with Crippen LogP contribution in [0.25, 0.3) is 0 Å². The van der Waals surface area contributed by atoms with Crippen molar-refractivity contribution < 1.29 is 10.0 Å². The lowest BCUT2D eigenvalue weighted by Crippen LogP contribution is -2.33. The van der Waals surface area contributed by atoms with Crippen LogP contribution >= 0.6 is 0 Å². The normalized spacial score (nSPS) is 46.9. The largest absolute Gasteiger partial charge is 0.411 e. The second-order valence-electron chi connectivity index (χ2n) is 5.26. The molecule has 3 heteroatoms. The van der Waals surface area contributed by atoms with Gasteiger partial charge in [-0.3, -0.25) is 4.79 Å². The molecule has 0 amide bonds. The van der Waals surface area contributed by atoms with E-state index >= 15 is 0 Å². The molecule has 3 aliphatic rings. The molecule has 0 aliphatic heterocycles. The first-order chi connectivity index (χ1) is 7.33. The molecule has 3 aliphatic carbocycles. The van der Waals surface area contributed by atoms with E-state index in [1.54, 1.807) is 0 Å². The van der Waals surface area contributed by atoms with Gasteiger partial charge in [-0.05, 0) is 24.7 Å². The Morgan fingerprint density at radius 2 is 1.73 bits per heavy atom. The molecular weight excluding hydrogens is 190 g/mol. The SMILES string of the molecule is O=C1/C(=N/O)C2CCCC3CCCC1C32. The number of ketones is 1. The maximum absolute atomic E-state index is 12.0. The second-order valence-corrected chi connectivity index (χ2v) is 5.26. The third kappa shape index (κ3) is 1.18. The zero-order valence-corrected chi connectivity index (χ0v) is 8.85. The molecule has 3 nitrogen and oxygen atoms in total. The molecule has 3 rings (SSSR count). The van der Waals surface area contributed by atoms with E-state index in [-0.39, 0.29) is 17.6 Å². The fraction of sp³-hybridized carbons (Fsp3) is 0.833. The fourth-order valence-corrected chi connectivity index (χ4v) is 4.17. The molecule has 82 valence electrons. The number of hydrogen-bond acceptors (Lipinski definition) is 3. The highest BCUT2D eigenvalue weighted by Crippen LogP contribution is 2.51. The Labute approximate surface area is 89.5 Å². The summed E-state index contributed by atoms with van der Waals surface area (Å²) in [6.45, 7) is 0. The molecule has 0 aromatic rings. The molecule has 3 fully saturated rings. The molecule has 0 aromatic carbocycles. The highest BCUT2D eigenvalue weighted by molar-refractivity contribution is 6.43. The lowest BCUT2D eigenvalue weighted by Gasteiger charge is -2.39. The minimum Gasteiger partial charge on any atom is -0.411 e. The van der Waals surface area contributed by atoms with Gasteiger partial charge in [-0.2, -0.15) is 0 Å². The second kappa shape index (κ2) is 3.32. The summed E-state index contributed by atoms with van der Waals surface area (Å²) in [4.78, 5) is 12.0.